The van der Waals surface area contributed by atoms with Crippen LogP contribution in [-0.4, -0.2) is 8.07 Å². The van der Waals surface area contributed by atoms with Gasteiger partial charge in [-0.2, -0.15) is 0 Å². The van der Waals surface area contributed by atoms with Crippen molar-refractivity contribution in [2.24, 2.45) is 11.3 Å². The molecule has 0 N–H and O–H groups in total. The molecule has 0 heterocycles. The highest BCUT2D eigenvalue weighted by molar-refractivity contribution is 6.96. The summed E-state index contributed by atoms with van der Waals surface area (Å²) in [5.41, 5.74) is 13.6. The zero-order valence-electron chi connectivity index (χ0n) is 27.1. The summed E-state index contributed by atoms with van der Waals surface area (Å²) in [5, 5.41) is 3.37. The van der Waals surface area contributed by atoms with Gasteiger partial charge in [0, 0.05) is 0 Å². The molecular formula is C39H50Si. The Kier molecular flexibility index (Phi) is 6.82. The second-order valence-electron chi connectivity index (χ2n) is 16.0. The quantitative estimate of drug-likeness (QED) is 0.224. The number of rotatable bonds is 3. The molecular weight excluding hydrogens is 497 g/mol. The van der Waals surface area contributed by atoms with Crippen molar-refractivity contribution in [2.75, 3.05) is 0 Å². The van der Waals surface area contributed by atoms with Crippen LogP contribution >= 0.6 is 0 Å². The Hall–Kier alpha value is -2.64. The molecule has 0 saturated heterocycles. The predicted octanol–water partition coefficient (Wildman–Crippen LogP) is 10.5. The lowest BCUT2D eigenvalue weighted by Gasteiger charge is -2.37. The van der Waals surface area contributed by atoms with Crippen molar-refractivity contribution in [1.82, 2.24) is 0 Å². The maximum absolute atomic E-state index is 2.63. The molecule has 1 atom stereocenters. The van der Waals surface area contributed by atoms with E-state index in [1.54, 1.807) is 21.5 Å². The molecule has 2 aliphatic carbocycles. The summed E-state index contributed by atoms with van der Waals surface area (Å²) >= 11 is 0. The van der Waals surface area contributed by atoms with Gasteiger partial charge in [0.05, 0.1) is 0 Å². The lowest BCUT2D eigenvalue weighted by Crippen LogP contribution is -2.50. The summed E-state index contributed by atoms with van der Waals surface area (Å²) in [6.45, 7) is 29.0. The predicted molar refractivity (Wildman–Crippen MR) is 179 cm³/mol. The first kappa shape index (κ1) is 28.9. The third-order valence-corrected chi connectivity index (χ3v) is 13.2. The number of hydrogen-bond donors (Lipinski definition) is 0. The average Bonchev–Trinajstić information content (AvgIpc) is 3.43. The average molecular weight is 547 g/mol. The van der Waals surface area contributed by atoms with Gasteiger partial charge >= 0.3 is 0 Å². The first-order valence-electron chi connectivity index (χ1n) is 15.2. The van der Waals surface area contributed by atoms with Gasteiger partial charge in [-0.25, -0.2) is 0 Å². The van der Waals surface area contributed by atoms with Gasteiger partial charge < -0.3 is 0 Å². The molecule has 210 valence electrons. The van der Waals surface area contributed by atoms with Gasteiger partial charge in [-0.05, 0) is 83.9 Å². The molecule has 2 aliphatic rings. The SMILES string of the molecule is CC1C=C(C(C)(C)C)C=C1[Si](C)(C)c1c(C(C)(C)C)cc(-c2ccccc2)c2c1Cc1cc(C(C)(C)C)ccc1-2. The monoisotopic (exact) mass is 546 g/mol. The van der Waals surface area contributed by atoms with Crippen LogP contribution in [0.3, 0.4) is 0 Å². The number of fused-ring (bicyclic) bond motifs is 3. The molecule has 0 bridgehead atoms. The molecule has 1 unspecified atom stereocenters. The summed E-state index contributed by atoms with van der Waals surface area (Å²) in [7, 11) is -2.05. The van der Waals surface area contributed by atoms with Gasteiger partial charge in [0.2, 0.25) is 0 Å². The van der Waals surface area contributed by atoms with Crippen molar-refractivity contribution in [3.63, 3.8) is 0 Å². The van der Waals surface area contributed by atoms with Crippen LogP contribution in [-0.2, 0) is 17.3 Å². The minimum Gasteiger partial charge on any atom is -0.0743 e. The molecule has 0 amide bonds. The zero-order valence-corrected chi connectivity index (χ0v) is 28.1. The van der Waals surface area contributed by atoms with E-state index in [2.05, 4.69) is 149 Å². The third-order valence-electron chi connectivity index (χ3n) is 9.38. The maximum atomic E-state index is 2.63. The van der Waals surface area contributed by atoms with Gasteiger partial charge in [-0.1, -0.05) is 154 Å². The fraction of sp³-hybridized carbons (Fsp3) is 0.436. The molecule has 5 rings (SSSR count). The highest BCUT2D eigenvalue weighted by Crippen LogP contribution is 2.48. The Balaban J connectivity index is 1.84. The summed E-state index contributed by atoms with van der Waals surface area (Å²) in [6.07, 6.45) is 6.18. The Labute approximate surface area is 245 Å². The minimum absolute atomic E-state index is 0.0478. The van der Waals surface area contributed by atoms with Crippen LogP contribution in [0.5, 0.6) is 0 Å². The van der Waals surface area contributed by atoms with Crippen LogP contribution < -0.4 is 5.19 Å². The van der Waals surface area contributed by atoms with Crippen LogP contribution in [0.2, 0.25) is 13.1 Å². The van der Waals surface area contributed by atoms with Crippen molar-refractivity contribution < 1.29 is 0 Å². The van der Waals surface area contributed by atoms with E-state index in [1.807, 2.05) is 0 Å². The Morgan fingerprint density at radius 2 is 1.38 bits per heavy atom. The van der Waals surface area contributed by atoms with E-state index >= 15 is 0 Å². The minimum atomic E-state index is -2.05. The summed E-state index contributed by atoms with van der Waals surface area (Å²) in [4.78, 5) is 0. The van der Waals surface area contributed by atoms with E-state index in [-0.39, 0.29) is 16.2 Å². The number of allylic oxidation sites excluding steroid dienone is 4. The molecule has 0 aromatic heterocycles. The molecule has 0 nitrogen and oxygen atoms in total. The highest BCUT2D eigenvalue weighted by Gasteiger charge is 2.42. The van der Waals surface area contributed by atoms with Crippen LogP contribution in [0.1, 0.15) is 91.5 Å². The van der Waals surface area contributed by atoms with Gasteiger partial charge in [-0.15, -0.1) is 0 Å². The molecule has 3 aromatic carbocycles. The van der Waals surface area contributed by atoms with Crippen LogP contribution in [0.15, 0.2) is 77.5 Å². The topological polar surface area (TPSA) is 0 Å². The summed E-state index contributed by atoms with van der Waals surface area (Å²) in [6, 6.07) is 21.0. The van der Waals surface area contributed by atoms with Crippen LogP contribution in [0.25, 0.3) is 22.3 Å². The highest BCUT2D eigenvalue weighted by atomic mass is 28.3. The fourth-order valence-corrected chi connectivity index (χ4v) is 11.2. The second-order valence-corrected chi connectivity index (χ2v) is 20.3. The molecule has 0 aliphatic heterocycles. The van der Waals surface area contributed by atoms with E-state index in [0.29, 0.717) is 5.92 Å². The van der Waals surface area contributed by atoms with Crippen molar-refractivity contribution in [1.29, 1.82) is 0 Å². The third kappa shape index (κ3) is 4.89. The summed E-state index contributed by atoms with van der Waals surface area (Å²) in [5.74, 6) is 0.490. The Morgan fingerprint density at radius 3 is 1.93 bits per heavy atom. The van der Waals surface area contributed by atoms with E-state index in [9.17, 15) is 0 Å². The van der Waals surface area contributed by atoms with Gasteiger partial charge in [-0.3, -0.25) is 0 Å². The van der Waals surface area contributed by atoms with Crippen molar-refractivity contribution in [3.05, 3.63) is 99.8 Å². The van der Waals surface area contributed by atoms with E-state index in [1.165, 1.54) is 39.0 Å². The number of hydrogen-bond acceptors (Lipinski definition) is 0. The maximum Gasteiger partial charge on any atom is 0.109 e. The van der Waals surface area contributed by atoms with Crippen LogP contribution in [0.4, 0.5) is 0 Å². The fourth-order valence-electron chi connectivity index (χ4n) is 7.08. The Bertz CT molecular complexity index is 1520. The normalized spacial score (nSPS) is 17.4. The van der Waals surface area contributed by atoms with Crippen LogP contribution in [0, 0.1) is 11.3 Å². The summed E-state index contributed by atoms with van der Waals surface area (Å²) < 4.78 is 0. The molecule has 0 spiro atoms. The molecule has 0 saturated carbocycles. The van der Waals surface area contributed by atoms with Crippen molar-refractivity contribution >= 4 is 13.3 Å². The lowest BCUT2D eigenvalue weighted by molar-refractivity contribution is 0.516. The van der Waals surface area contributed by atoms with Crippen molar-refractivity contribution in [3.8, 4) is 22.3 Å². The van der Waals surface area contributed by atoms with E-state index in [0.717, 1.165) is 6.42 Å². The first-order chi connectivity index (χ1) is 18.4. The lowest BCUT2D eigenvalue weighted by atomic mass is 9.81. The zero-order chi connectivity index (χ0) is 29.4. The molecule has 40 heavy (non-hydrogen) atoms. The van der Waals surface area contributed by atoms with Gasteiger partial charge in [0.1, 0.15) is 8.07 Å². The van der Waals surface area contributed by atoms with Crippen molar-refractivity contribution in [2.45, 2.75) is 99.6 Å². The molecule has 3 aromatic rings. The standard InChI is InChI=1S/C39H50Si/c1-25-20-29(38(5,6)7)23-34(25)40(11,12)36-32-22-27-21-28(37(2,3)4)18-19-30(27)35(32)31(24-33(36)39(8,9)10)26-16-14-13-15-17-26/h13-21,23-25H,22H2,1-12H3. The number of benzene rings is 3. The first-order valence-corrected chi connectivity index (χ1v) is 18.2. The molecule has 0 fully saturated rings. The largest absolute Gasteiger partial charge is 0.109 e. The van der Waals surface area contributed by atoms with E-state index < -0.39 is 8.07 Å². The van der Waals surface area contributed by atoms with Gasteiger partial charge in [0.25, 0.3) is 0 Å². The van der Waals surface area contributed by atoms with E-state index in [4.69, 9.17) is 0 Å². The molecule has 0 radical (unpaired) electrons. The molecule has 1 heteroatoms. The second kappa shape index (κ2) is 9.45. The Morgan fingerprint density at radius 1 is 0.725 bits per heavy atom. The van der Waals surface area contributed by atoms with Gasteiger partial charge in [0.15, 0.2) is 0 Å². The smallest absolute Gasteiger partial charge is 0.0743 e.